The Labute approximate surface area is 166 Å². The van der Waals surface area contributed by atoms with Crippen molar-refractivity contribution in [2.24, 2.45) is 0 Å². The highest BCUT2D eigenvalue weighted by Gasteiger charge is 2.27. The van der Waals surface area contributed by atoms with Gasteiger partial charge in [0.1, 0.15) is 23.3 Å². The summed E-state index contributed by atoms with van der Waals surface area (Å²) in [5, 5.41) is 9.46. The summed E-state index contributed by atoms with van der Waals surface area (Å²) in [5.41, 5.74) is -0.00844. The van der Waals surface area contributed by atoms with E-state index < -0.39 is 17.3 Å². The van der Waals surface area contributed by atoms with Crippen molar-refractivity contribution in [1.29, 1.82) is 0 Å². The fourth-order valence-corrected chi connectivity index (χ4v) is 3.11. The molecule has 1 N–H and O–H groups in total. The van der Waals surface area contributed by atoms with Gasteiger partial charge in [0.15, 0.2) is 0 Å². The fraction of sp³-hybridized carbons (Fsp3) is 0.350. The molecule has 1 amide bonds. The summed E-state index contributed by atoms with van der Waals surface area (Å²) in [5.74, 6) is -0.766. The predicted molar refractivity (Wildman–Crippen MR) is 103 cm³/mol. The Hall–Kier alpha value is -3.04. The minimum absolute atomic E-state index is 0.0303. The molecule has 0 saturated carbocycles. The lowest BCUT2D eigenvalue weighted by molar-refractivity contribution is 0.0706. The number of ether oxygens (including phenoxy) is 1. The number of aliphatic hydroxyl groups is 1. The van der Waals surface area contributed by atoms with Gasteiger partial charge in [-0.25, -0.2) is 9.37 Å². The van der Waals surface area contributed by atoms with Gasteiger partial charge in [0.05, 0.1) is 25.3 Å². The topological polar surface area (TPSA) is 97.8 Å². The first-order valence-corrected chi connectivity index (χ1v) is 9.09. The number of aryl methyl sites for hydroxylation is 1. The van der Waals surface area contributed by atoms with E-state index in [1.54, 1.807) is 25.1 Å². The van der Waals surface area contributed by atoms with E-state index in [1.165, 1.54) is 29.0 Å². The number of aliphatic hydroxyl groups excluding tert-OH is 1. The summed E-state index contributed by atoms with van der Waals surface area (Å²) in [6.07, 6.45) is 1.34. The molecule has 0 aliphatic heterocycles. The Morgan fingerprint density at radius 3 is 2.83 bits per heavy atom. The van der Waals surface area contributed by atoms with Gasteiger partial charge in [-0.05, 0) is 13.0 Å². The number of furan rings is 1. The molecule has 0 aliphatic carbocycles. The number of carbonyl (C=O) groups excluding carboxylic acids is 1. The van der Waals surface area contributed by atoms with Gasteiger partial charge in [0.25, 0.3) is 11.5 Å². The molecule has 3 rings (SSSR count). The van der Waals surface area contributed by atoms with Crippen molar-refractivity contribution < 1.29 is 23.4 Å². The van der Waals surface area contributed by atoms with Gasteiger partial charge >= 0.3 is 0 Å². The van der Waals surface area contributed by atoms with Crippen molar-refractivity contribution in [3.63, 3.8) is 0 Å². The molecule has 0 spiro atoms. The van der Waals surface area contributed by atoms with E-state index in [-0.39, 0.29) is 48.7 Å². The number of aromatic nitrogens is 2. The second kappa shape index (κ2) is 8.97. The second-order valence-electron chi connectivity index (χ2n) is 6.49. The highest BCUT2D eigenvalue weighted by molar-refractivity contribution is 6.06. The summed E-state index contributed by atoms with van der Waals surface area (Å²) < 4.78 is 25.9. The molecule has 0 unspecified atom stereocenters. The van der Waals surface area contributed by atoms with Gasteiger partial charge in [-0.2, -0.15) is 0 Å². The van der Waals surface area contributed by atoms with E-state index >= 15 is 0 Å². The maximum absolute atomic E-state index is 14.1. The van der Waals surface area contributed by atoms with Crippen molar-refractivity contribution in [1.82, 2.24) is 14.5 Å². The monoisotopic (exact) mass is 403 g/mol. The van der Waals surface area contributed by atoms with Crippen LogP contribution in [0.2, 0.25) is 0 Å². The summed E-state index contributed by atoms with van der Waals surface area (Å²) in [6, 6.07) is 6.08. The number of carbonyl (C=O) groups is 1. The number of benzene rings is 1. The van der Waals surface area contributed by atoms with Crippen LogP contribution < -0.4 is 5.56 Å². The van der Waals surface area contributed by atoms with Crippen LogP contribution in [-0.4, -0.2) is 52.3 Å². The molecule has 0 atom stereocenters. The molecule has 1 aromatic carbocycles. The zero-order chi connectivity index (χ0) is 21.0. The Morgan fingerprint density at radius 1 is 1.38 bits per heavy atom. The molecule has 8 nitrogen and oxygen atoms in total. The van der Waals surface area contributed by atoms with Crippen LogP contribution in [0.4, 0.5) is 4.39 Å². The molecular weight excluding hydrogens is 381 g/mol. The smallest absolute Gasteiger partial charge is 0.265 e. The number of hydrogen-bond donors (Lipinski definition) is 1. The Kier molecular flexibility index (Phi) is 6.40. The number of fused-ring (bicyclic) bond motifs is 1. The molecule has 0 bridgehead atoms. The quantitative estimate of drug-likeness (QED) is 0.615. The van der Waals surface area contributed by atoms with Crippen LogP contribution in [0, 0.1) is 12.7 Å². The third-order valence-electron chi connectivity index (χ3n) is 4.58. The van der Waals surface area contributed by atoms with Gasteiger partial charge in [-0.15, -0.1) is 0 Å². The summed E-state index contributed by atoms with van der Waals surface area (Å²) >= 11 is 0. The zero-order valence-corrected chi connectivity index (χ0v) is 16.2. The molecule has 2 aromatic heterocycles. The van der Waals surface area contributed by atoms with Crippen molar-refractivity contribution in [2.75, 3.05) is 26.9 Å². The first-order chi connectivity index (χ1) is 14.0. The third-order valence-corrected chi connectivity index (χ3v) is 4.58. The summed E-state index contributed by atoms with van der Waals surface area (Å²) in [7, 11) is 1.52. The minimum Gasteiger partial charge on any atom is -0.442 e. The van der Waals surface area contributed by atoms with Gasteiger partial charge in [-0.3, -0.25) is 14.2 Å². The Balaban J connectivity index is 2.04. The lowest BCUT2D eigenvalue weighted by atomic mass is 10.1. The van der Waals surface area contributed by atoms with Crippen molar-refractivity contribution in [3.05, 3.63) is 63.7 Å². The van der Waals surface area contributed by atoms with Gasteiger partial charge in [0.2, 0.25) is 5.71 Å². The number of methoxy groups -OCH3 is 1. The van der Waals surface area contributed by atoms with Crippen molar-refractivity contribution in [3.8, 4) is 0 Å². The summed E-state index contributed by atoms with van der Waals surface area (Å²) in [6.45, 7) is 1.73. The molecule has 0 aliphatic rings. The average Bonchev–Trinajstić information content (AvgIpc) is 3.05. The Morgan fingerprint density at radius 2 is 2.14 bits per heavy atom. The van der Waals surface area contributed by atoms with Crippen LogP contribution in [0.5, 0.6) is 0 Å². The van der Waals surface area contributed by atoms with Crippen LogP contribution in [0.15, 0.2) is 39.8 Å². The normalized spacial score (nSPS) is 11.2. The van der Waals surface area contributed by atoms with Gasteiger partial charge in [-0.1, -0.05) is 18.2 Å². The van der Waals surface area contributed by atoms with E-state index in [0.29, 0.717) is 12.2 Å². The number of nitrogens with zero attached hydrogens (tertiary/aromatic N) is 3. The first-order valence-electron chi connectivity index (χ1n) is 9.09. The fourth-order valence-electron chi connectivity index (χ4n) is 3.11. The molecule has 0 radical (unpaired) electrons. The molecule has 9 heteroatoms. The lowest BCUT2D eigenvalue weighted by Crippen LogP contribution is -2.34. The number of rotatable bonds is 8. The van der Waals surface area contributed by atoms with Crippen molar-refractivity contribution >= 4 is 17.0 Å². The SMILES string of the molecule is COCCn1cnc2oc(C)c(C(=O)N(CCO)Cc3ccccc3F)c2c1=O. The highest BCUT2D eigenvalue weighted by atomic mass is 19.1. The lowest BCUT2D eigenvalue weighted by Gasteiger charge is -2.22. The van der Waals surface area contributed by atoms with Gasteiger partial charge < -0.3 is 19.2 Å². The van der Waals surface area contributed by atoms with Crippen LogP contribution >= 0.6 is 0 Å². The molecule has 0 fully saturated rings. The van der Waals surface area contributed by atoms with E-state index in [4.69, 9.17) is 9.15 Å². The van der Waals surface area contributed by atoms with Crippen LogP contribution in [0.1, 0.15) is 21.7 Å². The second-order valence-corrected chi connectivity index (χ2v) is 6.49. The third kappa shape index (κ3) is 4.20. The molecule has 0 saturated heterocycles. The number of hydrogen-bond acceptors (Lipinski definition) is 6. The van der Waals surface area contributed by atoms with Crippen LogP contribution in [-0.2, 0) is 17.8 Å². The van der Waals surface area contributed by atoms with Crippen LogP contribution in [0.25, 0.3) is 11.1 Å². The Bertz CT molecular complexity index is 1080. The van der Waals surface area contributed by atoms with E-state index in [0.717, 1.165) is 0 Å². The van der Waals surface area contributed by atoms with Crippen molar-refractivity contribution in [2.45, 2.75) is 20.0 Å². The average molecular weight is 403 g/mol. The molecule has 29 heavy (non-hydrogen) atoms. The van der Waals surface area contributed by atoms with E-state index in [2.05, 4.69) is 4.98 Å². The molecule has 154 valence electrons. The standard InChI is InChI=1S/C20H22FN3O5/c1-13-16(17-18(29-13)22-12-24(20(17)27)8-10-28-2)19(26)23(7-9-25)11-14-5-3-4-6-15(14)21/h3-6,12,25H,7-11H2,1-2H3. The zero-order valence-electron chi connectivity index (χ0n) is 16.2. The minimum atomic E-state index is -0.540. The largest absolute Gasteiger partial charge is 0.442 e. The summed E-state index contributed by atoms with van der Waals surface area (Å²) in [4.78, 5) is 31.6. The van der Waals surface area contributed by atoms with Gasteiger partial charge in [0, 0.05) is 25.8 Å². The number of amides is 1. The molecule has 2 heterocycles. The molecular formula is C20H22FN3O5. The first kappa shape index (κ1) is 20.7. The number of halogens is 1. The predicted octanol–water partition coefficient (Wildman–Crippen LogP) is 1.72. The maximum atomic E-state index is 14.1. The van der Waals surface area contributed by atoms with Crippen LogP contribution in [0.3, 0.4) is 0 Å². The maximum Gasteiger partial charge on any atom is 0.265 e. The van der Waals surface area contributed by atoms with E-state index in [9.17, 15) is 19.1 Å². The molecule has 3 aromatic rings. The van der Waals surface area contributed by atoms with E-state index in [1.807, 2.05) is 0 Å². The highest BCUT2D eigenvalue weighted by Crippen LogP contribution is 2.23.